The third-order valence-electron chi connectivity index (χ3n) is 2.78. The summed E-state index contributed by atoms with van der Waals surface area (Å²) in [6.45, 7) is 5.15. The summed E-state index contributed by atoms with van der Waals surface area (Å²) in [6.07, 6.45) is 0. The van der Waals surface area contributed by atoms with Crippen LogP contribution in [0.15, 0.2) is 60.7 Å². The van der Waals surface area contributed by atoms with Crippen molar-refractivity contribution in [2.75, 3.05) is 0 Å². The zero-order valence-corrected chi connectivity index (χ0v) is 11.1. The zero-order chi connectivity index (χ0) is 14.5. The third-order valence-corrected chi connectivity index (χ3v) is 2.78. The van der Waals surface area contributed by atoms with Crippen molar-refractivity contribution in [3.8, 4) is 22.9 Å². The van der Waals surface area contributed by atoms with E-state index < -0.39 is 5.97 Å². The molecule has 0 saturated heterocycles. The van der Waals surface area contributed by atoms with Crippen LogP contribution in [0.1, 0.15) is 12.5 Å². The lowest BCUT2D eigenvalue weighted by Crippen LogP contribution is -2.09. The highest BCUT2D eigenvalue weighted by molar-refractivity contribution is 5.90. The highest BCUT2D eigenvalue weighted by atomic mass is 16.5. The maximum atomic E-state index is 11.7. The minimum atomic E-state index is -0.480. The molecule has 98 valence electrons. The first-order chi connectivity index (χ1) is 9.63. The lowest BCUT2D eigenvalue weighted by Gasteiger charge is -2.11. The van der Waals surface area contributed by atoms with E-state index in [1.54, 1.807) is 31.2 Å². The van der Waals surface area contributed by atoms with Gasteiger partial charge < -0.3 is 4.74 Å². The van der Waals surface area contributed by atoms with E-state index in [2.05, 4.69) is 12.6 Å². The molecule has 0 aliphatic heterocycles. The average molecular weight is 263 g/mol. The van der Waals surface area contributed by atoms with Gasteiger partial charge in [0.15, 0.2) is 0 Å². The maximum absolute atomic E-state index is 11.7. The molecule has 2 aromatic rings. The molecule has 0 aromatic heterocycles. The standard InChI is InChI=1S/C17H13NO2/c1-12(2)17(19)20-16-10-6-5-9-15(16)14-8-4-3-7-13(14)11-18/h3-10H,1H2,2H3. The van der Waals surface area contributed by atoms with Gasteiger partial charge in [0.25, 0.3) is 0 Å². The number of hydrogen-bond acceptors (Lipinski definition) is 3. The minimum absolute atomic E-state index is 0.327. The van der Waals surface area contributed by atoms with Gasteiger partial charge in [0.05, 0.1) is 11.6 Å². The number of carbonyl (C=O) groups excluding carboxylic acids is 1. The average Bonchev–Trinajstić information content (AvgIpc) is 2.47. The Morgan fingerprint density at radius 2 is 1.70 bits per heavy atom. The molecule has 0 spiro atoms. The Morgan fingerprint density at radius 1 is 1.10 bits per heavy atom. The molecular weight excluding hydrogens is 250 g/mol. The number of esters is 1. The van der Waals surface area contributed by atoms with Crippen LogP contribution in [0, 0.1) is 11.3 Å². The monoisotopic (exact) mass is 263 g/mol. The molecular formula is C17H13NO2. The first-order valence-corrected chi connectivity index (χ1v) is 6.09. The Bertz CT molecular complexity index is 711. The van der Waals surface area contributed by atoms with Crippen LogP contribution in [-0.2, 0) is 4.79 Å². The van der Waals surface area contributed by atoms with E-state index in [1.807, 2.05) is 24.3 Å². The molecule has 3 heteroatoms. The Balaban J connectivity index is 2.50. The summed E-state index contributed by atoms with van der Waals surface area (Å²) >= 11 is 0. The number of para-hydroxylation sites is 1. The van der Waals surface area contributed by atoms with Gasteiger partial charge in [0.1, 0.15) is 5.75 Å². The van der Waals surface area contributed by atoms with Crippen LogP contribution in [0.25, 0.3) is 11.1 Å². The molecule has 0 radical (unpaired) electrons. The van der Waals surface area contributed by atoms with Crippen molar-refractivity contribution >= 4 is 5.97 Å². The Hall–Kier alpha value is -2.86. The van der Waals surface area contributed by atoms with Gasteiger partial charge in [-0.25, -0.2) is 4.79 Å². The summed E-state index contributed by atoms with van der Waals surface area (Å²) in [7, 11) is 0. The van der Waals surface area contributed by atoms with Gasteiger partial charge in [-0.15, -0.1) is 0 Å². The second kappa shape index (κ2) is 5.85. The predicted octanol–water partition coefficient (Wildman–Crippen LogP) is 3.71. The molecule has 0 unspecified atom stereocenters. The quantitative estimate of drug-likeness (QED) is 0.482. The van der Waals surface area contributed by atoms with Crippen molar-refractivity contribution in [3.05, 3.63) is 66.2 Å². The van der Waals surface area contributed by atoms with E-state index in [4.69, 9.17) is 10.00 Å². The molecule has 0 bridgehead atoms. The van der Waals surface area contributed by atoms with E-state index in [1.165, 1.54) is 0 Å². The summed E-state index contributed by atoms with van der Waals surface area (Å²) in [4.78, 5) is 11.7. The fraction of sp³-hybridized carbons (Fsp3) is 0.0588. The largest absolute Gasteiger partial charge is 0.423 e. The molecule has 0 aliphatic rings. The Labute approximate surface area is 117 Å². The van der Waals surface area contributed by atoms with E-state index >= 15 is 0 Å². The molecule has 0 saturated carbocycles. The number of nitriles is 1. The molecule has 0 heterocycles. The fourth-order valence-corrected chi connectivity index (χ4v) is 1.78. The summed E-state index contributed by atoms with van der Waals surface area (Å²) in [5.41, 5.74) is 2.30. The SMILES string of the molecule is C=C(C)C(=O)Oc1ccccc1-c1ccccc1C#N. The van der Waals surface area contributed by atoms with Crippen LogP contribution >= 0.6 is 0 Å². The number of benzene rings is 2. The van der Waals surface area contributed by atoms with Crippen molar-refractivity contribution in [1.82, 2.24) is 0 Å². The van der Waals surface area contributed by atoms with Crippen LogP contribution in [0.2, 0.25) is 0 Å². The van der Waals surface area contributed by atoms with Crippen molar-refractivity contribution in [2.45, 2.75) is 6.92 Å². The van der Waals surface area contributed by atoms with Gasteiger partial charge >= 0.3 is 5.97 Å². The summed E-state index contributed by atoms with van der Waals surface area (Å²) in [6, 6.07) is 16.5. The first kappa shape index (κ1) is 13.6. The summed E-state index contributed by atoms with van der Waals surface area (Å²) in [5.74, 6) is -0.0601. The van der Waals surface area contributed by atoms with Gasteiger partial charge in [-0.2, -0.15) is 5.26 Å². The Morgan fingerprint density at radius 3 is 2.35 bits per heavy atom. The number of nitrogens with zero attached hydrogens (tertiary/aromatic N) is 1. The second-order valence-corrected chi connectivity index (χ2v) is 4.32. The summed E-state index contributed by atoms with van der Waals surface area (Å²) < 4.78 is 5.31. The predicted molar refractivity (Wildman–Crippen MR) is 77.0 cm³/mol. The van der Waals surface area contributed by atoms with Crippen molar-refractivity contribution in [1.29, 1.82) is 5.26 Å². The molecule has 0 atom stereocenters. The van der Waals surface area contributed by atoms with E-state index in [0.29, 0.717) is 22.4 Å². The normalized spacial score (nSPS) is 9.60. The van der Waals surface area contributed by atoms with Gasteiger partial charge in [-0.1, -0.05) is 43.0 Å². The van der Waals surface area contributed by atoms with Crippen LogP contribution in [0.4, 0.5) is 0 Å². The molecule has 0 fully saturated rings. The smallest absolute Gasteiger partial charge is 0.338 e. The van der Waals surface area contributed by atoms with Gasteiger partial charge in [-0.05, 0) is 19.1 Å². The minimum Gasteiger partial charge on any atom is -0.423 e. The van der Waals surface area contributed by atoms with Crippen LogP contribution < -0.4 is 4.74 Å². The van der Waals surface area contributed by atoms with Crippen LogP contribution in [0.5, 0.6) is 5.75 Å². The van der Waals surface area contributed by atoms with E-state index in [-0.39, 0.29) is 0 Å². The van der Waals surface area contributed by atoms with Crippen molar-refractivity contribution in [3.63, 3.8) is 0 Å². The van der Waals surface area contributed by atoms with Gasteiger partial charge in [-0.3, -0.25) is 0 Å². The third kappa shape index (κ3) is 2.76. The zero-order valence-electron chi connectivity index (χ0n) is 11.1. The molecule has 0 aliphatic carbocycles. The van der Waals surface area contributed by atoms with Crippen molar-refractivity contribution < 1.29 is 9.53 Å². The number of carbonyl (C=O) groups is 1. The summed E-state index contributed by atoms with van der Waals surface area (Å²) in [5, 5.41) is 9.17. The highest BCUT2D eigenvalue weighted by Gasteiger charge is 2.13. The first-order valence-electron chi connectivity index (χ1n) is 6.09. The van der Waals surface area contributed by atoms with Gasteiger partial charge in [0.2, 0.25) is 0 Å². The number of rotatable bonds is 3. The molecule has 20 heavy (non-hydrogen) atoms. The Kier molecular flexibility index (Phi) is 3.97. The van der Waals surface area contributed by atoms with E-state index in [0.717, 1.165) is 5.56 Å². The molecule has 0 amide bonds. The van der Waals surface area contributed by atoms with Gasteiger partial charge in [0, 0.05) is 16.7 Å². The molecule has 3 nitrogen and oxygen atoms in total. The maximum Gasteiger partial charge on any atom is 0.338 e. The lowest BCUT2D eigenvalue weighted by atomic mass is 9.99. The molecule has 0 N–H and O–H groups in total. The fourth-order valence-electron chi connectivity index (χ4n) is 1.78. The van der Waals surface area contributed by atoms with Crippen LogP contribution in [-0.4, -0.2) is 5.97 Å². The highest BCUT2D eigenvalue weighted by Crippen LogP contribution is 2.32. The number of hydrogen-bond donors (Lipinski definition) is 0. The second-order valence-electron chi connectivity index (χ2n) is 4.32. The molecule has 2 rings (SSSR count). The van der Waals surface area contributed by atoms with Crippen LogP contribution in [0.3, 0.4) is 0 Å². The van der Waals surface area contributed by atoms with Crippen molar-refractivity contribution in [2.24, 2.45) is 0 Å². The molecule has 2 aromatic carbocycles. The van der Waals surface area contributed by atoms with E-state index in [9.17, 15) is 4.79 Å². The number of ether oxygens (including phenoxy) is 1. The topological polar surface area (TPSA) is 50.1 Å². The lowest BCUT2D eigenvalue weighted by molar-refractivity contribution is -0.130.